The molecule has 0 heterocycles. The van der Waals surface area contributed by atoms with Crippen molar-refractivity contribution in [3.05, 3.63) is 48.8 Å². The third-order valence-corrected chi connectivity index (χ3v) is 0.977. The van der Waals surface area contributed by atoms with E-state index < -0.39 is 0 Å². The number of aliphatic hydroxyl groups is 1. The zero-order chi connectivity index (χ0) is 7.98. The molecule has 0 bridgehead atoms. The highest BCUT2D eigenvalue weighted by Crippen LogP contribution is 2.05. The Kier molecular flexibility index (Phi) is 4.05. The quantitative estimate of drug-likeness (QED) is 0.467. The van der Waals surface area contributed by atoms with Gasteiger partial charge in [0, 0.05) is 5.57 Å². The van der Waals surface area contributed by atoms with Crippen LogP contribution in [-0.4, -0.2) is 5.11 Å². The Labute approximate surface area is 61.7 Å². The second kappa shape index (κ2) is 4.62. The van der Waals surface area contributed by atoms with Gasteiger partial charge in [0.1, 0.15) is 5.76 Å². The van der Waals surface area contributed by atoms with Gasteiger partial charge in [-0.05, 0) is 6.92 Å². The van der Waals surface area contributed by atoms with Gasteiger partial charge in [-0.2, -0.15) is 0 Å². The van der Waals surface area contributed by atoms with E-state index in [1.807, 2.05) is 13.0 Å². The molecule has 0 unspecified atom stereocenters. The first-order valence-electron chi connectivity index (χ1n) is 3.06. The molecule has 0 atom stereocenters. The lowest BCUT2D eigenvalue weighted by molar-refractivity contribution is 0.429. The summed E-state index contributed by atoms with van der Waals surface area (Å²) in [6, 6.07) is 0. The van der Waals surface area contributed by atoms with Crippen molar-refractivity contribution in [1.29, 1.82) is 0 Å². The maximum Gasteiger partial charge on any atom is 0.115 e. The van der Waals surface area contributed by atoms with Gasteiger partial charge in [-0.15, -0.1) is 0 Å². The fourth-order valence-electron chi connectivity index (χ4n) is 0.554. The number of rotatable bonds is 3. The van der Waals surface area contributed by atoms with Crippen molar-refractivity contribution in [3.63, 3.8) is 0 Å². The van der Waals surface area contributed by atoms with Gasteiger partial charge < -0.3 is 5.11 Å². The van der Waals surface area contributed by atoms with Crippen molar-refractivity contribution in [1.82, 2.24) is 0 Å². The van der Waals surface area contributed by atoms with Gasteiger partial charge in [-0.25, -0.2) is 0 Å². The molecule has 0 rings (SSSR count). The third-order valence-electron chi connectivity index (χ3n) is 0.977. The number of hydrogen-bond donors (Lipinski definition) is 1. The van der Waals surface area contributed by atoms with Crippen molar-refractivity contribution in [2.45, 2.75) is 6.92 Å². The maximum atomic E-state index is 8.91. The van der Waals surface area contributed by atoms with Gasteiger partial charge in [0.25, 0.3) is 0 Å². The van der Waals surface area contributed by atoms with Gasteiger partial charge in [-0.1, -0.05) is 37.5 Å². The molecule has 1 N–H and O–H groups in total. The molecular formula is C9H12O. The molecule has 0 fully saturated rings. The van der Waals surface area contributed by atoms with Crippen LogP contribution in [0.4, 0.5) is 0 Å². The van der Waals surface area contributed by atoms with Crippen LogP contribution in [0.25, 0.3) is 0 Å². The van der Waals surface area contributed by atoms with Crippen molar-refractivity contribution >= 4 is 0 Å². The van der Waals surface area contributed by atoms with Crippen molar-refractivity contribution in [3.8, 4) is 0 Å². The maximum absolute atomic E-state index is 8.91. The van der Waals surface area contributed by atoms with Crippen LogP contribution in [0, 0.1) is 0 Å². The standard InChI is InChI=1S/C9H12O/c1-4-6-9(7-5-2)8(3)10/h4-7,10H,1,3H2,2H3/b7-5-,9-6+. The summed E-state index contributed by atoms with van der Waals surface area (Å²) in [5.74, 6) is 0.0676. The van der Waals surface area contributed by atoms with E-state index >= 15 is 0 Å². The predicted molar refractivity (Wildman–Crippen MR) is 44.9 cm³/mol. The fraction of sp³-hybridized carbons (Fsp3) is 0.111. The van der Waals surface area contributed by atoms with Crippen LogP contribution in [0.1, 0.15) is 6.92 Å². The number of allylic oxidation sites excluding steroid dienone is 4. The molecule has 0 saturated carbocycles. The van der Waals surface area contributed by atoms with E-state index in [9.17, 15) is 0 Å². The first-order valence-corrected chi connectivity index (χ1v) is 3.06. The first-order chi connectivity index (χ1) is 4.72. The van der Waals surface area contributed by atoms with Gasteiger partial charge >= 0.3 is 0 Å². The van der Waals surface area contributed by atoms with Crippen molar-refractivity contribution in [2.75, 3.05) is 0 Å². The fourth-order valence-corrected chi connectivity index (χ4v) is 0.554. The van der Waals surface area contributed by atoms with Gasteiger partial charge in [-0.3, -0.25) is 0 Å². The van der Waals surface area contributed by atoms with Crippen LogP contribution in [-0.2, 0) is 0 Å². The summed E-state index contributed by atoms with van der Waals surface area (Å²) in [5, 5.41) is 8.91. The molecule has 0 amide bonds. The Bertz CT molecular complexity index is 185. The molecule has 0 spiro atoms. The number of aliphatic hydroxyl groups excluding tert-OH is 1. The van der Waals surface area contributed by atoms with Crippen LogP contribution in [0.5, 0.6) is 0 Å². The van der Waals surface area contributed by atoms with Crippen LogP contribution < -0.4 is 0 Å². The lowest BCUT2D eigenvalue weighted by Gasteiger charge is -1.94. The summed E-state index contributed by atoms with van der Waals surface area (Å²) in [4.78, 5) is 0. The summed E-state index contributed by atoms with van der Waals surface area (Å²) in [6.07, 6.45) is 6.90. The van der Waals surface area contributed by atoms with E-state index in [4.69, 9.17) is 5.11 Å². The lowest BCUT2D eigenvalue weighted by Crippen LogP contribution is -1.80. The molecule has 0 aromatic carbocycles. The van der Waals surface area contributed by atoms with Crippen LogP contribution >= 0.6 is 0 Å². The highest BCUT2D eigenvalue weighted by molar-refractivity contribution is 5.35. The van der Waals surface area contributed by atoms with Crippen LogP contribution in [0.15, 0.2) is 48.8 Å². The zero-order valence-corrected chi connectivity index (χ0v) is 6.17. The Hall–Kier alpha value is -1.24. The Morgan fingerprint density at radius 1 is 1.50 bits per heavy atom. The van der Waals surface area contributed by atoms with E-state index in [0.29, 0.717) is 5.57 Å². The number of hydrogen-bond acceptors (Lipinski definition) is 1. The Balaban J connectivity index is 4.41. The van der Waals surface area contributed by atoms with Crippen molar-refractivity contribution < 1.29 is 5.11 Å². The van der Waals surface area contributed by atoms with E-state index in [1.54, 1.807) is 18.2 Å². The topological polar surface area (TPSA) is 20.2 Å². The second-order valence-corrected chi connectivity index (χ2v) is 1.80. The highest BCUT2D eigenvalue weighted by Gasteiger charge is 1.90. The molecule has 0 radical (unpaired) electrons. The summed E-state index contributed by atoms with van der Waals surface area (Å²) < 4.78 is 0. The SMILES string of the molecule is C=C/C=C(\C=C/C)C(=C)O. The van der Waals surface area contributed by atoms with Gasteiger partial charge in [0.05, 0.1) is 0 Å². The zero-order valence-electron chi connectivity index (χ0n) is 6.17. The third kappa shape index (κ3) is 2.92. The lowest BCUT2D eigenvalue weighted by atomic mass is 10.2. The monoisotopic (exact) mass is 136 g/mol. The summed E-state index contributed by atoms with van der Waals surface area (Å²) in [5.41, 5.74) is 0.692. The van der Waals surface area contributed by atoms with Gasteiger partial charge in [0.15, 0.2) is 0 Å². The minimum Gasteiger partial charge on any atom is -0.508 e. The van der Waals surface area contributed by atoms with Crippen molar-refractivity contribution in [2.24, 2.45) is 0 Å². The van der Waals surface area contributed by atoms with E-state index in [0.717, 1.165) is 0 Å². The molecule has 0 aromatic rings. The van der Waals surface area contributed by atoms with Crippen LogP contribution in [0.2, 0.25) is 0 Å². The second-order valence-electron chi connectivity index (χ2n) is 1.80. The molecule has 0 aromatic heterocycles. The molecule has 54 valence electrons. The first kappa shape index (κ1) is 8.76. The molecule has 1 heteroatoms. The minimum atomic E-state index is 0.0676. The molecule has 10 heavy (non-hydrogen) atoms. The summed E-state index contributed by atoms with van der Waals surface area (Å²) in [6.45, 7) is 8.76. The van der Waals surface area contributed by atoms with E-state index in [2.05, 4.69) is 13.2 Å². The molecule has 1 nitrogen and oxygen atoms in total. The highest BCUT2D eigenvalue weighted by atomic mass is 16.3. The normalized spacial score (nSPS) is 11.9. The summed E-state index contributed by atoms with van der Waals surface area (Å²) in [7, 11) is 0. The van der Waals surface area contributed by atoms with E-state index in [1.165, 1.54) is 0 Å². The van der Waals surface area contributed by atoms with Gasteiger partial charge in [0.2, 0.25) is 0 Å². The Morgan fingerprint density at radius 2 is 2.10 bits per heavy atom. The van der Waals surface area contributed by atoms with E-state index in [-0.39, 0.29) is 5.76 Å². The largest absolute Gasteiger partial charge is 0.508 e. The Morgan fingerprint density at radius 3 is 2.40 bits per heavy atom. The molecule has 0 aliphatic carbocycles. The molecular weight excluding hydrogens is 124 g/mol. The smallest absolute Gasteiger partial charge is 0.115 e. The average molecular weight is 136 g/mol. The summed E-state index contributed by atoms with van der Waals surface area (Å²) >= 11 is 0. The molecule has 0 aliphatic heterocycles. The van der Waals surface area contributed by atoms with Crippen LogP contribution in [0.3, 0.4) is 0 Å². The molecule has 0 saturated heterocycles. The average Bonchev–Trinajstić information content (AvgIpc) is 1.87. The minimum absolute atomic E-state index is 0.0676. The molecule has 0 aliphatic rings. The predicted octanol–water partition coefficient (Wildman–Crippen LogP) is 2.75.